The van der Waals surface area contributed by atoms with Crippen molar-refractivity contribution < 1.29 is 0 Å². The van der Waals surface area contributed by atoms with Crippen molar-refractivity contribution in [3.05, 3.63) is 29.3 Å². The summed E-state index contributed by atoms with van der Waals surface area (Å²) in [6.07, 6.45) is 6.81. The molecule has 0 atom stereocenters. The summed E-state index contributed by atoms with van der Waals surface area (Å²) in [7, 11) is 2.28. The number of fused-ring (bicyclic) bond motifs is 1. The maximum Gasteiger partial charge on any atom is 0.0373 e. The fraction of sp³-hybridized carbons (Fsp3) is 0.600. The molecule has 1 N–H and O–H groups in total. The molecule has 0 spiro atoms. The van der Waals surface area contributed by atoms with Crippen LogP contribution in [0.1, 0.15) is 36.8 Å². The van der Waals surface area contributed by atoms with E-state index in [0.717, 1.165) is 19.1 Å². The van der Waals surface area contributed by atoms with Crippen molar-refractivity contribution in [2.75, 3.05) is 18.9 Å². The lowest BCUT2D eigenvalue weighted by Gasteiger charge is -2.24. The molecule has 0 bridgehead atoms. The van der Waals surface area contributed by atoms with Crippen LogP contribution in [-0.2, 0) is 13.0 Å². The molecule has 0 saturated heterocycles. The number of nitrogens with one attached hydrogen (secondary N) is 1. The molecule has 2 heteroatoms. The monoisotopic (exact) mass is 230 g/mol. The molecule has 0 aromatic heterocycles. The maximum atomic E-state index is 3.42. The van der Waals surface area contributed by atoms with Crippen molar-refractivity contribution in [1.82, 2.24) is 4.90 Å². The highest BCUT2D eigenvalue weighted by molar-refractivity contribution is 5.56. The summed E-state index contributed by atoms with van der Waals surface area (Å²) < 4.78 is 0. The topological polar surface area (TPSA) is 15.3 Å². The number of nitrogens with zero attached hydrogens (tertiary/aromatic N) is 1. The van der Waals surface area contributed by atoms with Crippen molar-refractivity contribution >= 4 is 5.69 Å². The van der Waals surface area contributed by atoms with Gasteiger partial charge in [0.1, 0.15) is 0 Å². The number of hydrogen-bond acceptors (Lipinski definition) is 2. The van der Waals surface area contributed by atoms with E-state index < -0.39 is 0 Å². The normalized spacial score (nSPS) is 19.6. The zero-order chi connectivity index (χ0) is 11.7. The Morgan fingerprint density at radius 2 is 2.12 bits per heavy atom. The molecule has 1 fully saturated rings. The lowest BCUT2D eigenvalue weighted by Crippen LogP contribution is -2.28. The van der Waals surface area contributed by atoms with E-state index in [4.69, 9.17) is 0 Å². The molecule has 1 saturated carbocycles. The van der Waals surface area contributed by atoms with E-state index >= 15 is 0 Å². The summed E-state index contributed by atoms with van der Waals surface area (Å²) in [5.41, 5.74) is 4.32. The number of benzene rings is 1. The quantitative estimate of drug-likeness (QED) is 0.858. The van der Waals surface area contributed by atoms with Crippen LogP contribution in [-0.4, -0.2) is 24.5 Å². The van der Waals surface area contributed by atoms with Gasteiger partial charge >= 0.3 is 0 Å². The molecular weight excluding hydrogens is 208 g/mol. The summed E-state index contributed by atoms with van der Waals surface area (Å²) in [6.45, 7) is 2.22. The summed E-state index contributed by atoms with van der Waals surface area (Å²) in [6, 6.07) is 7.74. The zero-order valence-electron chi connectivity index (χ0n) is 10.7. The van der Waals surface area contributed by atoms with Gasteiger partial charge in [-0.1, -0.05) is 25.0 Å². The van der Waals surface area contributed by atoms with Gasteiger partial charge in [-0.2, -0.15) is 0 Å². The van der Waals surface area contributed by atoms with Crippen molar-refractivity contribution in [3.8, 4) is 0 Å². The molecule has 0 unspecified atom stereocenters. The van der Waals surface area contributed by atoms with Gasteiger partial charge in [-0.05, 0) is 43.5 Å². The molecule has 1 aliphatic heterocycles. The summed E-state index contributed by atoms with van der Waals surface area (Å²) in [5, 5.41) is 3.42. The van der Waals surface area contributed by atoms with Crippen LogP contribution in [0.2, 0.25) is 0 Å². The number of hydrogen-bond donors (Lipinski definition) is 1. The molecule has 1 aliphatic carbocycles. The third-order valence-corrected chi connectivity index (χ3v) is 4.26. The second-order valence-electron chi connectivity index (χ2n) is 5.52. The first-order chi connectivity index (χ1) is 8.33. The smallest absolute Gasteiger partial charge is 0.0373 e. The zero-order valence-corrected chi connectivity index (χ0v) is 10.7. The minimum atomic E-state index is 0.821. The van der Waals surface area contributed by atoms with Crippen LogP contribution in [0.15, 0.2) is 18.2 Å². The van der Waals surface area contributed by atoms with E-state index in [-0.39, 0.29) is 0 Å². The molecular formula is C15H22N2. The Labute approximate surface area is 104 Å². The average molecular weight is 230 g/mol. The second-order valence-corrected chi connectivity index (χ2v) is 5.52. The SMILES string of the molecule is CN(Cc1ccc2c(c1)CCN2)C1CCCC1. The summed E-state index contributed by atoms with van der Waals surface area (Å²) in [5.74, 6) is 0. The highest BCUT2D eigenvalue weighted by Crippen LogP contribution is 2.26. The molecule has 1 aromatic carbocycles. The largest absolute Gasteiger partial charge is 0.384 e. The fourth-order valence-corrected chi connectivity index (χ4v) is 3.22. The first-order valence-electron chi connectivity index (χ1n) is 6.89. The van der Waals surface area contributed by atoms with Gasteiger partial charge < -0.3 is 5.32 Å². The van der Waals surface area contributed by atoms with E-state index in [9.17, 15) is 0 Å². The van der Waals surface area contributed by atoms with Crippen molar-refractivity contribution in [3.63, 3.8) is 0 Å². The maximum absolute atomic E-state index is 3.42. The predicted molar refractivity (Wildman–Crippen MR) is 72.4 cm³/mol. The summed E-state index contributed by atoms with van der Waals surface area (Å²) in [4.78, 5) is 2.54. The van der Waals surface area contributed by atoms with Gasteiger partial charge in [-0.15, -0.1) is 0 Å². The van der Waals surface area contributed by atoms with Gasteiger partial charge in [0.2, 0.25) is 0 Å². The minimum Gasteiger partial charge on any atom is -0.384 e. The van der Waals surface area contributed by atoms with E-state index in [0.29, 0.717) is 0 Å². The lowest BCUT2D eigenvalue weighted by atomic mass is 10.1. The highest BCUT2D eigenvalue weighted by atomic mass is 15.1. The van der Waals surface area contributed by atoms with Gasteiger partial charge in [-0.25, -0.2) is 0 Å². The first-order valence-corrected chi connectivity index (χ1v) is 6.89. The number of rotatable bonds is 3. The van der Waals surface area contributed by atoms with Crippen LogP contribution in [0.3, 0.4) is 0 Å². The Morgan fingerprint density at radius 3 is 2.94 bits per heavy atom. The van der Waals surface area contributed by atoms with Crippen LogP contribution >= 0.6 is 0 Å². The molecule has 17 heavy (non-hydrogen) atoms. The Hall–Kier alpha value is -1.02. The van der Waals surface area contributed by atoms with Crippen molar-refractivity contribution in [1.29, 1.82) is 0 Å². The third-order valence-electron chi connectivity index (χ3n) is 4.26. The van der Waals surface area contributed by atoms with Crippen LogP contribution in [0, 0.1) is 0 Å². The minimum absolute atomic E-state index is 0.821. The molecule has 1 heterocycles. The van der Waals surface area contributed by atoms with Crippen LogP contribution in [0.4, 0.5) is 5.69 Å². The van der Waals surface area contributed by atoms with E-state index in [1.165, 1.54) is 48.9 Å². The van der Waals surface area contributed by atoms with Gasteiger partial charge in [0, 0.05) is 24.8 Å². The molecule has 1 aromatic rings. The molecule has 3 rings (SSSR count). The Kier molecular flexibility index (Phi) is 3.06. The van der Waals surface area contributed by atoms with Crippen LogP contribution < -0.4 is 5.32 Å². The molecule has 2 nitrogen and oxygen atoms in total. The van der Waals surface area contributed by atoms with Gasteiger partial charge in [0.25, 0.3) is 0 Å². The Morgan fingerprint density at radius 1 is 1.29 bits per heavy atom. The molecule has 0 radical (unpaired) electrons. The lowest BCUT2D eigenvalue weighted by molar-refractivity contribution is 0.237. The highest BCUT2D eigenvalue weighted by Gasteiger charge is 2.19. The summed E-state index contributed by atoms with van der Waals surface area (Å²) >= 11 is 0. The van der Waals surface area contributed by atoms with E-state index in [1.54, 1.807) is 0 Å². The standard InChI is InChI=1S/C15H22N2/c1-17(14-4-2-3-5-14)11-12-6-7-15-13(10-12)8-9-16-15/h6-7,10,14,16H,2-5,8-9,11H2,1H3. The molecule has 2 aliphatic rings. The van der Waals surface area contributed by atoms with Crippen LogP contribution in [0.5, 0.6) is 0 Å². The Balaban J connectivity index is 1.68. The fourth-order valence-electron chi connectivity index (χ4n) is 3.22. The Bertz CT molecular complexity index is 394. The molecule has 92 valence electrons. The second kappa shape index (κ2) is 4.69. The van der Waals surface area contributed by atoms with Gasteiger partial charge in [0.15, 0.2) is 0 Å². The third kappa shape index (κ3) is 2.32. The predicted octanol–water partition coefficient (Wildman–Crippen LogP) is 3.03. The van der Waals surface area contributed by atoms with Gasteiger partial charge in [0.05, 0.1) is 0 Å². The first kappa shape index (κ1) is 11.1. The number of anilines is 1. The van der Waals surface area contributed by atoms with Crippen LogP contribution in [0.25, 0.3) is 0 Å². The van der Waals surface area contributed by atoms with Crippen molar-refractivity contribution in [2.45, 2.75) is 44.7 Å². The van der Waals surface area contributed by atoms with E-state index in [1.807, 2.05) is 0 Å². The van der Waals surface area contributed by atoms with E-state index in [2.05, 4.69) is 35.5 Å². The molecule has 0 amide bonds. The average Bonchev–Trinajstić information content (AvgIpc) is 2.99. The van der Waals surface area contributed by atoms with Gasteiger partial charge in [-0.3, -0.25) is 4.90 Å². The van der Waals surface area contributed by atoms with Crippen molar-refractivity contribution in [2.24, 2.45) is 0 Å².